The molecular weight excluding hydrogens is 340 g/mol. The van der Waals surface area contributed by atoms with Gasteiger partial charge in [-0.2, -0.15) is 0 Å². The fraction of sp³-hybridized carbons (Fsp3) is 0.591. The number of nitrogens with two attached hydrogens (primary N) is 1. The molecule has 0 radical (unpaired) electrons. The zero-order valence-electron chi connectivity index (χ0n) is 17.4. The van der Waals surface area contributed by atoms with Gasteiger partial charge in [0.05, 0.1) is 13.2 Å². The normalized spacial score (nSPS) is 16.4. The summed E-state index contributed by atoms with van der Waals surface area (Å²) in [6, 6.07) is 5.88. The second kappa shape index (κ2) is 8.13. The Morgan fingerprint density at radius 2 is 1.89 bits per heavy atom. The Hall–Kier alpha value is -1.69. The van der Waals surface area contributed by atoms with Crippen LogP contribution < -0.4 is 15.8 Å². The number of ether oxygens (including phenoxy) is 1. The Morgan fingerprint density at radius 1 is 1.19 bits per heavy atom. The second-order valence-corrected chi connectivity index (χ2v) is 8.75. The van der Waals surface area contributed by atoms with E-state index in [0.717, 1.165) is 50.3 Å². The highest BCUT2D eigenvalue weighted by Gasteiger charge is 2.33. The number of morpholine rings is 1. The molecule has 0 saturated carbocycles. The summed E-state index contributed by atoms with van der Waals surface area (Å²) >= 11 is 0. The summed E-state index contributed by atoms with van der Waals surface area (Å²) in [7, 11) is 0. The molecule has 1 aliphatic heterocycles. The zero-order chi connectivity index (χ0) is 19.6. The summed E-state index contributed by atoms with van der Waals surface area (Å²) in [6.45, 7) is 16.7. The highest BCUT2D eigenvalue weighted by Crippen LogP contribution is 2.26. The predicted octanol–water partition coefficient (Wildman–Crippen LogP) is 0.982. The number of hydrogen-bond acceptors (Lipinski definition) is 3. The third kappa shape index (κ3) is 4.60. The van der Waals surface area contributed by atoms with Gasteiger partial charge in [0, 0.05) is 17.0 Å². The Balaban J connectivity index is 1.79. The molecule has 5 nitrogen and oxygen atoms in total. The lowest BCUT2D eigenvalue weighted by atomic mass is 9.95. The zero-order valence-corrected chi connectivity index (χ0v) is 17.4. The summed E-state index contributed by atoms with van der Waals surface area (Å²) in [5.74, 6) is 0.446. The van der Waals surface area contributed by atoms with E-state index in [1.54, 1.807) is 11.0 Å². The van der Waals surface area contributed by atoms with Crippen molar-refractivity contribution >= 4 is 11.0 Å². The molecule has 5 heteroatoms. The molecule has 1 fully saturated rings. The monoisotopic (exact) mass is 374 g/mol. The first kappa shape index (κ1) is 20.1. The molecular formula is C22H34N2O3+2. The van der Waals surface area contributed by atoms with Gasteiger partial charge in [-0.25, -0.2) is 4.79 Å². The first-order chi connectivity index (χ1) is 12.8. The molecule has 1 aromatic carbocycles. The molecule has 3 N–H and O–H groups in total. The van der Waals surface area contributed by atoms with Crippen molar-refractivity contribution in [3.8, 4) is 0 Å². The Labute approximate surface area is 161 Å². The molecule has 1 saturated heterocycles. The van der Waals surface area contributed by atoms with E-state index in [9.17, 15) is 4.79 Å². The maximum atomic E-state index is 12.0. The maximum absolute atomic E-state index is 12.0. The fourth-order valence-corrected chi connectivity index (χ4v) is 4.21. The molecule has 0 bridgehead atoms. The number of nitrogens with one attached hydrogen (secondary N) is 1. The van der Waals surface area contributed by atoms with Crippen LogP contribution in [0.2, 0.25) is 0 Å². The third-order valence-electron chi connectivity index (χ3n) is 5.91. The lowest BCUT2D eigenvalue weighted by Crippen LogP contribution is -3.23. The number of benzene rings is 1. The van der Waals surface area contributed by atoms with Gasteiger partial charge in [0.2, 0.25) is 0 Å². The standard InChI is InChI=1S/C22H32N2O3/c1-15(2)18-12-19-17(11-21(25)27-20(19)10-16(18)3)13-23-14-22(4,5)24-6-8-26-9-7-24/h10-12,15,23H,6-9,13-14H2,1-5H3/p+2. The summed E-state index contributed by atoms with van der Waals surface area (Å²) < 4.78 is 11.0. The van der Waals surface area contributed by atoms with Gasteiger partial charge < -0.3 is 19.4 Å². The average Bonchev–Trinajstić information content (AvgIpc) is 2.61. The minimum Gasteiger partial charge on any atom is -0.423 e. The van der Waals surface area contributed by atoms with Crippen LogP contribution in [0.25, 0.3) is 11.0 Å². The number of aryl methyl sites for hydroxylation is 1. The molecule has 2 heterocycles. The summed E-state index contributed by atoms with van der Waals surface area (Å²) in [4.78, 5) is 13.6. The highest BCUT2D eigenvalue weighted by atomic mass is 16.5. The van der Waals surface area contributed by atoms with Crippen LogP contribution >= 0.6 is 0 Å². The highest BCUT2D eigenvalue weighted by molar-refractivity contribution is 5.82. The van der Waals surface area contributed by atoms with E-state index in [-0.39, 0.29) is 11.2 Å². The quantitative estimate of drug-likeness (QED) is 0.741. The number of quaternary nitrogens is 2. The minimum absolute atomic E-state index is 0.179. The van der Waals surface area contributed by atoms with Gasteiger partial charge in [0.25, 0.3) is 0 Å². The molecule has 27 heavy (non-hydrogen) atoms. The Bertz CT molecular complexity index is 848. The van der Waals surface area contributed by atoms with Crippen molar-refractivity contribution in [1.82, 2.24) is 0 Å². The lowest BCUT2D eigenvalue weighted by molar-refractivity contribution is -0.969. The van der Waals surface area contributed by atoms with E-state index < -0.39 is 0 Å². The van der Waals surface area contributed by atoms with Crippen LogP contribution in [-0.4, -0.2) is 38.4 Å². The first-order valence-electron chi connectivity index (χ1n) is 10.1. The number of fused-ring (bicyclic) bond motifs is 1. The molecule has 0 unspecified atom stereocenters. The van der Waals surface area contributed by atoms with Crippen LogP contribution in [0.5, 0.6) is 0 Å². The molecule has 148 valence electrons. The first-order valence-corrected chi connectivity index (χ1v) is 10.1. The van der Waals surface area contributed by atoms with Crippen molar-refractivity contribution in [1.29, 1.82) is 0 Å². The van der Waals surface area contributed by atoms with Crippen LogP contribution in [0.3, 0.4) is 0 Å². The van der Waals surface area contributed by atoms with Crippen molar-refractivity contribution in [2.45, 2.75) is 52.6 Å². The van der Waals surface area contributed by atoms with E-state index in [0.29, 0.717) is 11.5 Å². The topological polar surface area (TPSA) is 60.5 Å². The average molecular weight is 375 g/mol. The van der Waals surface area contributed by atoms with Crippen molar-refractivity contribution < 1.29 is 19.4 Å². The fourth-order valence-electron chi connectivity index (χ4n) is 4.21. The SMILES string of the molecule is Cc1cc2oc(=O)cc(C[NH2+]CC(C)(C)[NH+]3CCOCC3)c2cc1C(C)C. The van der Waals surface area contributed by atoms with Gasteiger partial charge in [0.1, 0.15) is 37.3 Å². The van der Waals surface area contributed by atoms with Crippen LogP contribution in [0.1, 0.15) is 50.3 Å². The third-order valence-corrected chi connectivity index (χ3v) is 5.91. The van der Waals surface area contributed by atoms with Crippen LogP contribution in [0.4, 0.5) is 0 Å². The van der Waals surface area contributed by atoms with Crippen molar-refractivity contribution in [3.63, 3.8) is 0 Å². The second-order valence-electron chi connectivity index (χ2n) is 8.75. The van der Waals surface area contributed by atoms with Gasteiger partial charge >= 0.3 is 5.63 Å². The summed E-state index contributed by atoms with van der Waals surface area (Å²) in [5.41, 5.74) is 4.18. The lowest BCUT2D eigenvalue weighted by Gasteiger charge is -2.36. The van der Waals surface area contributed by atoms with Crippen LogP contribution in [0.15, 0.2) is 27.4 Å². The number of rotatable bonds is 6. The maximum Gasteiger partial charge on any atom is 0.336 e. The van der Waals surface area contributed by atoms with Crippen molar-refractivity contribution in [2.24, 2.45) is 0 Å². The summed E-state index contributed by atoms with van der Waals surface area (Å²) in [5, 5.41) is 3.39. The predicted molar refractivity (Wildman–Crippen MR) is 107 cm³/mol. The van der Waals surface area contributed by atoms with Gasteiger partial charge in [-0.15, -0.1) is 0 Å². The van der Waals surface area contributed by atoms with Crippen molar-refractivity contribution in [3.05, 3.63) is 45.3 Å². The molecule has 0 amide bonds. The molecule has 0 atom stereocenters. The van der Waals surface area contributed by atoms with Gasteiger partial charge in [-0.1, -0.05) is 13.8 Å². The largest absolute Gasteiger partial charge is 0.423 e. The van der Waals surface area contributed by atoms with Gasteiger partial charge in [-0.3, -0.25) is 0 Å². The summed E-state index contributed by atoms with van der Waals surface area (Å²) in [6.07, 6.45) is 0. The van der Waals surface area contributed by atoms with Gasteiger partial charge in [-0.05, 0) is 49.9 Å². The van der Waals surface area contributed by atoms with Crippen molar-refractivity contribution in [2.75, 3.05) is 32.8 Å². The Kier molecular flexibility index (Phi) is 6.04. The van der Waals surface area contributed by atoms with E-state index in [2.05, 4.69) is 46.0 Å². The molecule has 2 aromatic rings. The van der Waals surface area contributed by atoms with Gasteiger partial charge in [0.15, 0.2) is 0 Å². The van der Waals surface area contributed by atoms with E-state index in [1.165, 1.54) is 11.1 Å². The molecule has 1 aromatic heterocycles. The smallest absolute Gasteiger partial charge is 0.336 e. The van der Waals surface area contributed by atoms with E-state index in [4.69, 9.17) is 9.15 Å². The molecule has 3 rings (SSSR count). The molecule has 0 spiro atoms. The van der Waals surface area contributed by atoms with E-state index >= 15 is 0 Å². The molecule has 0 aliphatic carbocycles. The minimum atomic E-state index is -0.263. The van der Waals surface area contributed by atoms with Crippen LogP contribution in [-0.2, 0) is 11.3 Å². The Morgan fingerprint density at radius 3 is 2.56 bits per heavy atom. The molecule has 1 aliphatic rings. The van der Waals surface area contributed by atoms with Crippen LogP contribution in [0, 0.1) is 6.92 Å². The number of hydrogen-bond donors (Lipinski definition) is 2. The van der Waals surface area contributed by atoms with E-state index in [1.807, 2.05) is 6.07 Å².